The van der Waals surface area contributed by atoms with Crippen molar-refractivity contribution in [3.8, 4) is 0 Å². The fourth-order valence-electron chi connectivity index (χ4n) is 1.79. The molecule has 0 unspecified atom stereocenters. The van der Waals surface area contributed by atoms with Crippen molar-refractivity contribution in [2.45, 2.75) is 100 Å². The first kappa shape index (κ1) is 33.5. The lowest BCUT2D eigenvalue weighted by Crippen LogP contribution is -2.11. The third-order valence-electron chi connectivity index (χ3n) is 3.20. The number of benzene rings is 1. The Kier molecular flexibility index (Phi) is 33.7. The van der Waals surface area contributed by atoms with Crippen LogP contribution in [-0.2, 0) is 6.42 Å². The Hall–Kier alpha value is -1.06. The van der Waals surface area contributed by atoms with Crippen molar-refractivity contribution < 1.29 is 10.2 Å². The molecule has 0 amide bonds. The Bertz CT molecular complexity index is 390. The quantitative estimate of drug-likeness (QED) is 0.545. The molecule has 0 aliphatic rings. The minimum absolute atomic E-state index is 0.130. The number of hydrogen-bond acceptors (Lipinski definition) is 2. The average molecular weight is 378 g/mol. The van der Waals surface area contributed by atoms with E-state index in [1.54, 1.807) is 6.08 Å². The van der Waals surface area contributed by atoms with Crippen LogP contribution in [0, 0.1) is 5.92 Å². The Morgan fingerprint density at radius 2 is 1.52 bits per heavy atom. The summed E-state index contributed by atoms with van der Waals surface area (Å²) in [7, 11) is 5.25. The maximum atomic E-state index is 8.95. The molecule has 158 valence electrons. The Balaban J connectivity index is -0.000000153. The predicted molar refractivity (Wildman–Crippen MR) is 126 cm³/mol. The van der Waals surface area contributed by atoms with E-state index in [0.717, 1.165) is 17.5 Å². The zero-order valence-electron chi connectivity index (χ0n) is 19.6. The standard InChI is InChI=1S/C10H11BO.C7H16O.C3H8.2C2H6/c1-2-8-4-3-5-9(6-8)7-10(11)12;1-4-5-6(2)7(3)8;1-3-2;2*1-2/h2-6,10,12H,1,7H2;6-8H,4-5H2,1-3H3;3H2,1-2H3;2*1-2H3/t10-;6-,7+;;;/m10.../s1. The predicted octanol–water partition coefficient (Wildman–Crippen LogP) is 6.63. The number of rotatable bonds is 6. The van der Waals surface area contributed by atoms with Gasteiger partial charge in [-0.25, -0.2) is 0 Å². The summed E-state index contributed by atoms with van der Waals surface area (Å²) in [5, 5.41) is 17.9. The Labute approximate surface area is 172 Å². The molecule has 1 aromatic rings. The molecule has 3 heteroatoms. The van der Waals surface area contributed by atoms with Gasteiger partial charge in [0.05, 0.1) is 6.10 Å². The normalized spacial score (nSPS) is 12.0. The number of aliphatic hydroxyl groups is 2. The summed E-state index contributed by atoms with van der Waals surface area (Å²) < 4.78 is 0. The van der Waals surface area contributed by atoms with E-state index in [4.69, 9.17) is 18.1 Å². The minimum atomic E-state index is -0.773. The summed E-state index contributed by atoms with van der Waals surface area (Å²) in [6, 6.07) is 7.00. The molecule has 2 radical (unpaired) electrons. The fraction of sp³-hybridized carbons (Fsp3) is 0.667. The SMILES string of the molecule is CC.CC.CCC.CCC[C@H](C)[C@@H](C)O.[B][C@H](O)Cc1cccc(C=C)c1. The first-order valence-corrected chi connectivity index (χ1v) is 10.6. The van der Waals surface area contributed by atoms with E-state index in [0.29, 0.717) is 12.3 Å². The van der Waals surface area contributed by atoms with E-state index >= 15 is 0 Å². The van der Waals surface area contributed by atoms with Gasteiger partial charge in [-0.2, -0.15) is 0 Å². The molecule has 0 heterocycles. The summed E-state index contributed by atoms with van der Waals surface area (Å²) in [6.45, 7) is 22.0. The lowest BCUT2D eigenvalue weighted by Gasteiger charge is -2.11. The van der Waals surface area contributed by atoms with E-state index in [-0.39, 0.29) is 6.10 Å². The van der Waals surface area contributed by atoms with Crippen LogP contribution in [0.3, 0.4) is 0 Å². The van der Waals surface area contributed by atoms with Gasteiger partial charge in [0.2, 0.25) is 0 Å². The molecule has 3 atom stereocenters. The molecule has 0 saturated carbocycles. The second-order valence-electron chi connectivity index (χ2n) is 5.93. The first-order chi connectivity index (χ1) is 12.8. The summed E-state index contributed by atoms with van der Waals surface area (Å²) >= 11 is 0. The molecular formula is C24H47BO2. The van der Waals surface area contributed by atoms with Crippen LogP contribution in [0.1, 0.15) is 92.7 Å². The topological polar surface area (TPSA) is 40.5 Å². The van der Waals surface area contributed by atoms with Gasteiger partial charge in [-0.15, -0.1) is 0 Å². The zero-order chi connectivity index (χ0) is 22.3. The highest BCUT2D eigenvalue weighted by atomic mass is 16.3. The van der Waals surface area contributed by atoms with Gasteiger partial charge in [0.25, 0.3) is 0 Å². The first-order valence-electron chi connectivity index (χ1n) is 10.6. The van der Waals surface area contributed by atoms with E-state index in [9.17, 15) is 0 Å². The van der Waals surface area contributed by atoms with Crippen molar-refractivity contribution in [1.82, 2.24) is 0 Å². The van der Waals surface area contributed by atoms with Crippen LogP contribution in [0.4, 0.5) is 0 Å². The van der Waals surface area contributed by atoms with Gasteiger partial charge in [0.1, 0.15) is 7.85 Å². The summed E-state index contributed by atoms with van der Waals surface area (Å²) in [5.41, 5.74) is 2.08. The minimum Gasteiger partial charge on any atom is -0.403 e. The van der Waals surface area contributed by atoms with Crippen molar-refractivity contribution in [3.63, 3.8) is 0 Å². The lowest BCUT2D eigenvalue weighted by atomic mass is 9.92. The van der Waals surface area contributed by atoms with Crippen molar-refractivity contribution in [1.29, 1.82) is 0 Å². The highest BCUT2D eigenvalue weighted by Gasteiger charge is 2.05. The van der Waals surface area contributed by atoms with Gasteiger partial charge in [0.15, 0.2) is 0 Å². The summed E-state index contributed by atoms with van der Waals surface area (Å²) in [4.78, 5) is 0. The van der Waals surface area contributed by atoms with E-state index in [1.807, 2.05) is 58.9 Å². The molecule has 27 heavy (non-hydrogen) atoms. The smallest absolute Gasteiger partial charge is 0.109 e. The molecule has 2 nitrogen and oxygen atoms in total. The zero-order valence-corrected chi connectivity index (χ0v) is 19.6. The summed E-state index contributed by atoms with van der Waals surface area (Å²) in [5.74, 6) is 0.472. The molecule has 0 aliphatic heterocycles. The van der Waals surface area contributed by atoms with E-state index in [2.05, 4.69) is 34.3 Å². The van der Waals surface area contributed by atoms with E-state index in [1.165, 1.54) is 12.8 Å². The molecule has 0 saturated heterocycles. The van der Waals surface area contributed by atoms with Gasteiger partial charge in [-0.05, 0) is 36.8 Å². The van der Waals surface area contributed by atoms with Crippen LogP contribution >= 0.6 is 0 Å². The molecule has 0 spiro atoms. The average Bonchev–Trinajstić information content (AvgIpc) is 2.66. The molecule has 0 fully saturated rings. The third-order valence-corrected chi connectivity index (χ3v) is 3.20. The third kappa shape index (κ3) is 27.3. The molecule has 2 N–H and O–H groups in total. The van der Waals surface area contributed by atoms with Crippen molar-refractivity contribution in [2.75, 3.05) is 0 Å². The van der Waals surface area contributed by atoms with Crippen molar-refractivity contribution >= 4 is 13.9 Å². The van der Waals surface area contributed by atoms with Crippen LogP contribution in [0.25, 0.3) is 6.08 Å². The molecule has 1 rings (SSSR count). The molecule has 0 aromatic heterocycles. The Morgan fingerprint density at radius 3 is 1.81 bits per heavy atom. The van der Waals surface area contributed by atoms with Crippen LogP contribution < -0.4 is 0 Å². The van der Waals surface area contributed by atoms with Gasteiger partial charge in [0, 0.05) is 6.00 Å². The largest absolute Gasteiger partial charge is 0.403 e. The van der Waals surface area contributed by atoms with Gasteiger partial charge in [-0.3, -0.25) is 0 Å². The second kappa shape index (κ2) is 27.2. The molecule has 0 bridgehead atoms. The van der Waals surface area contributed by atoms with Crippen LogP contribution in [0.5, 0.6) is 0 Å². The van der Waals surface area contributed by atoms with Crippen LogP contribution in [-0.4, -0.2) is 30.2 Å². The highest BCUT2D eigenvalue weighted by molar-refractivity contribution is 6.10. The fourth-order valence-corrected chi connectivity index (χ4v) is 1.79. The number of hydrogen-bond donors (Lipinski definition) is 2. The molecule has 1 aromatic carbocycles. The molecular weight excluding hydrogens is 331 g/mol. The maximum absolute atomic E-state index is 8.95. The van der Waals surface area contributed by atoms with Crippen LogP contribution in [0.15, 0.2) is 30.8 Å². The second-order valence-corrected chi connectivity index (χ2v) is 5.93. The van der Waals surface area contributed by atoms with Crippen LogP contribution in [0.2, 0.25) is 0 Å². The number of aliphatic hydroxyl groups excluding tert-OH is 2. The summed E-state index contributed by atoms with van der Waals surface area (Å²) in [6.07, 6.45) is 5.69. The van der Waals surface area contributed by atoms with Crippen molar-refractivity contribution in [2.24, 2.45) is 5.92 Å². The van der Waals surface area contributed by atoms with Gasteiger partial charge >= 0.3 is 0 Å². The highest BCUT2D eigenvalue weighted by Crippen LogP contribution is 2.09. The van der Waals surface area contributed by atoms with Gasteiger partial charge in [-0.1, -0.05) is 105 Å². The monoisotopic (exact) mass is 378 g/mol. The molecule has 0 aliphatic carbocycles. The maximum Gasteiger partial charge on any atom is 0.109 e. The van der Waals surface area contributed by atoms with E-state index < -0.39 is 6.00 Å². The van der Waals surface area contributed by atoms with Gasteiger partial charge < -0.3 is 10.2 Å². The van der Waals surface area contributed by atoms with Crippen molar-refractivity contribution in [3.05, 3.63) is 42.0 Å². The Morgan fingerprint density at radius 1 is 1.04 bits per heavy atom. The lowest BCUT2D eigenvalue weighted by molar-refractivity contribution is 0.129.